The molecule has 0 aliphatic heterocycles. The molecule has 0 aliphatic rings. The first kappa shape index (κ1) is 17.1. The molecule has 0 atom stereocenters. The third kappa shape index (κ3) is 3.95. The van der Waals surface area contributed by atoms with Crippen LogP contribution in [0.3, 0.4) is 0 Å². The molecule has 0 aliphatic carbocycles. The first-order valence-corrected chi connectivity index (χ1v) is 7.79. The Morgan fingerprint density at radius 3 is 2.18 bits per heavy atom. The summed E-state index contributed by atoms with van der Waals surface area (Å²) in [6.07, 6.45) is 0. The van der Waals surface area contributed by atoms with Gasteiger partial charge in [0.05, 0.1) is 15.6 Å². The van der Waals surface area contributed by atoms with E-state index in [0.29, 0.717) is 15.8 Å². The molecule has 22 heavy (non-hydrogen) atoms. The van der Waals surface area contributed by atoms with Gasteiger partial charge < -0.3 is 4.74 Å². The molecule has 0 aromatic heterocycles. The number of halogens is 3. The second-order valence-corrected chi connectivity index (χ2v) is 7.16. The van der Waals surface area contributed by atoms with Gasteiger partial charge in [-0.1, -0.05) is 61.6 Å². The number of benzene rings is 2. The highest BCUT2D eigenvalue weighted by atomic mass is 35.5. The number of carbonyl (C=O) groups excluding carboxylic acids is 1. The number of carbonyl (C=O) groups is 1. The standard InChI is InChI=1S/C17H15Cl3O2/c1-17(2,3)10-4-7-15(14(20)8-10)22-16(21)12-6-5-11(18)9-13(12)19/h4-9H,1-3H3. The molecule has 2 rings (SSSR count). The molecule has 0 amide bonds. The molecule has 0 N–H and O–H groups in total. The van der Waals surface area contributed by atoms with Gasteiger partial charge in [-0.05, 0) is 41.3 Å². The second-order valence-electron chi connectivity index (χ2n) is 5.91. The van der Waals surface area contributed by atoms with E-state index in [1.54, 1.807) is 18.2 Å². The van der Waals surface area contributed by atoms with Crippen LogP contribution in [0.1, 0.15) is 36.7 Å². The molecule has 0 saturated heterocycles. The van der Waals surface area contributed by atoms with Crippen LogP contribution in [0.5, 0.6) is 5.75 Å². The maximum atomic E-state index is 12.2. The van der Waals surface area contributed by atoms with Crippen LogP contribution >= 0.6 is 34.8 Å². The van der Waals surface area contributed by atoms with Crippen molar-refractivity contribution >= 4 is 40.8 Å². The molecule has 2 nitrogen and oxygen atoms in total. The molecule has 5 heteroatoms. The van der Waals surface area contributed by atoms with Crippen LogP contribution in [-0.2, 0) is 5.41 Å². The van der Waals surface area contributed by atoms with Crippen LogP contribution in [0, 0.1) is 0 Å². The lowest BCUT2D eigenvalue weighted by atomic mass is 9.87. The highest BCUT2D eigenvalue weighted by Crippen LogP contribution is 2.32. The fourth-order valence-corrected chi connectivity index (χ4v) is 2.56. The summed E-state index contributed by atoms with van der Waals surface area (Å²) < 4.78 is 5.32. The van der Waals surface area contributed by atoms with E-state index >= 15 is 0 Å². The third-order valence-corrected chi connectivity index (χ3v) is 3.99. The van der Waals surface area contributed by atoms with Crippen LogP contribution in [0.15, 0.2) is 36.4 Å². The Bertz CT molecular complexity index is 718. The molecular weight excluding hydrogens is 343 g/mol. The van der Waals surface area contributed by atoms with Crippen molar-refractivity contribution in [3.63, 3.8) is 0 Å². The van der Waals surface area contributed by atoms with Crippen LogP contribution < -0.4 is 4.74 Å². The highest BCUT2D eigenvalue weighted by Gasteiger charge is 2.18. The predicted octanol–water partition coefficient (Wildman–Crippen LogP) is 6.16. The quantitative estimate of drug-likeness (QED) is 0.475. The molecule has 0 spiro atoms. The van der Waals surface area contributed by atoms with Gasteiger partial charge in [-0.2, -0.15) is 0 Å². The van der Waals surface area contributed by atoms with Gasteiger partial charge in [-0.3, -0.25) is 0 Å². The van der Waals surface area contributed by atoms with E-state index in [1.807, 2.05) is 6.07 Å². The van der Waals surface area contributed by atoms with Crippen molar-refractivity contribution in [1.82, 2.24) is 0 Å². The summed E-state index contributed by atoms with van der Waals surface area (Å²) in [4.78, 5) is 12.2. The van der Waals surface area contributed by atoms with Crippen molar-refractivity contribution in [2.24, 2.45) is 0 Å². The zero-order valence-electron chi connectivity index (χ0n) is 12.4. The second kappa shape index (κ2) is 6.49. The van der Waals surface area contributed by atoms with Crippen molar-refractivity contribution in [2.75, 3.05) is 0 Å². The average Bonchev–Trinajstić information content (AvgIpc) is 2.39. The Balaban J connectivity index is 2.25. The summed E-state index contributed by atoms with van der Waals surface area (Å²) in [5, 5.41) is 1.07. The van der Waals surface area contributed by atoms with Crippen molar-refractivity contribution in [2.45, 2.75) is 26.2 Å². The molecule has 0 saturated carbocycles. The summed E-state index contributed by atoms with van der Waals surface area (Å²) in [6.45, 7) is 6.24. The summed E-state index contributed by atoms with van der Waals surface area (Å²) in [5.74, 6) is -0.280. The van der Waals surface area contributed by atoms with Crippen LogP contribution in [0.2, 0.25) is 15.1 Å². The molecule has 2 aromatic carbocycles. The Hall–Kier alpha value is -1.22. The van der Waals surface area contributed by atoms with Crippen molar-refractivity contribution in [3.8, 4) is 5.75 Å². The van der Waals surface area contributed by atoms with Crippen LogP contribution in [0.25, 0.3) is 0 Å². The Kier molecular flexibility index (Phi) is 5.06. The van der Waals surface area contributed by atoms with Gasteiger partial charge in [0.25, 0.3) is 0 Å². The van der Waals surface area contributed by atoms with Crippen molar-refractivity contribution in [3.05, 3.63) is 62.6 Å². The predicted molar refractivity (Wildman–Crippen MR) is 91.6 cm³/mol. The third-order valence-electron chi connectivity index (χ3n) is 3.15. The number of esters is 1. The minimum Gasteiger partial charge on any atom is -0.421 e. The lowest BCUT2D eigenvalue weighted by Crippen LogP contribution is -2.12. The molecule has 0 unspecified atom stereocenters. The Morgan fingerprint density at radius 2 is 1.64 bits per heavy atom. The van der Waals surface area contributed by atoms with Crippen molar-refractivity contribution < 1.29 is 9.53 Å². The Labute approximate surface area is 144 Å². The number of ether oxygens (including phenoxy) is 1. The van der Waals surface area contributed by atoms with E-state index in [1.165, 1.54) is 12.1 Å². The zero-order valence-corrected chi connectivity index (χ0v) is 14.7. The topological polar surface area (TPSA) is 26.3 Å². The van der Waals surface area contributed by atoms with Gasteiger partial charge in [0.15, 0.2) is 0 Å². The van der Waals surface area contributed by atoms with E-state index in [-0.39, 0.29) is 16.0 Å². The normalized spacial score (nSPS) is 11.4. The lowest BCUT2D eigenvalue weighted by Gasteiger charge is -2.19. The number of rotatable bonds is 2. The summed E-state index contributed by atoms with van der Waals surface area (Å²) in [6, 6.07) is 9.96. The first-order chi connectivity index (χ1) is 10.2. The van der Waals surface area contributed by atoms with Gasteiger partial charge >= 0.3 is 5.97 Å². The number of hydrogen-bond donors (Lipinski definition) is 0. The Morgan fingerprint density at radius 1 is 0.955 bits per heavy atom. The highest BCUT2D eigenvalue weighted by molar-refractivity contribution is 6.36. The molecule has 0 heterocycles. The lowest BCUT2D eigenvalue weighted by molar-refractivity contribution is 0.0735. The van der Waals surface area contributed by atoms with E-state index in [4.69, 9.17) is 39.5 Å². The van der Waals surface area contributed by atoms with E-state index < -0.39 is 5.97 Å². The summed E-state index contributed by atoms with van der Waals surface area (Å²) >= 11 is 18.0. The molecule has 0 bridgehead atoms. The van der Waals surface area contributed by atoms with Crippen molar-refractivity contribution in [1.29, 1.82) is 0 Å². The molecule has 2 aromatic rings. The fraction of sp³-hybridized carbons (Fsp3) is 0.235. The molecular formula is C17H15Cl3O2. The largest absolute Gasteiger partial charge is 0.421 e. The summed E-state index contributed by atoms with van der Waals surface area (Å²) in [5.41, 5.74) is 1.26. The van der Waals surface area contributed by atoms with Crippen LogP contribution in [-0.4, -0.2) is 5.97 Å². The van der Waals surface area contributed by atoms with Gasteiger partial charge in [0, 0.05) is 5.02 Å². The maximum absolute atomic E-state index is 12.2. The maximum Gasteiger partial charge on any atom is 0.345 e. The zero-order chi connectivity index (χ0) is 16.5. The molecule has 116 valence electrons. The molecule has 0 radical (unpaired) electrons. The van der Waals surface area contributed by atoms with Gasteiger partial charge in [-0.15, -0.1) is 0 Å². The molecule has 0 fully saturated rings. The number of hydrogen-bond acceptors (Lipinski definition) is 2. The van der Waals surface area contributed by atoms with E-state index in [0.717, 1.165) is 5.56 Å². The first-order valence-electron chi connectivity index (χ1n) is 6.66. The van der Waals surface area contributed by atoms with Gasteiger partial charge in [-0.25, -0.2) is 4.79 Å². The fourth-order valence-electron chi connectivity index (χ4n) is 1.86. The summed E-state index contributed by atoms with van der Waals surface area (Å²) in [7, 11) is 0. The van der Waals surface area contributed by atoms with Crippen LogP contribution in [0.4, 0.5) is 0 Å². The SMILES string of the molecule is CC(C)(C)c1ccc(OC(=O)c2ccc(Cl)cc2Cl)c(Cl)c1. The smallest absolute Gasteiger partial charge is 0.345 e. The van der Waals surface area contributed by atoms with Gasteiger partial charge in [0.2, 0.25) is 0 Å². The van der Waals surface area contributed by atoms with Gasteiger partial charge in [0.1, 0.15) is 5.75 Å². The minimum absolute atomic E-state index is 0.0360. The monoisotopic (exact) mass is 356 g/mol. The minimum atomic E-state index is -0.577. The van der Waals surface area contributed by atoms with E-state index in [2.05, 4.69) is 20.8 Å². The van der Waals surface area contributed by atoms with E-state index in [9.17, 15) is 4.79 Å². The average molecular weight is 358 g/mol.